The lowest BCUT2D eigenvalue weighted by molar-refractivity contribution is -0.306. The van der Waals surface area contributed by atoms with Crippen molar-refractivity contribution in [2.45, 2.75) is 49.0 Å². The summed E-state index contributed by atoms with van der Waals surface area (Å²) >= 11 is 0. The van der Waals surface area contributed by atoms with E-state index in [2.05, 4.69) is 0 Å². The van der Waals surface area contributed by atoms with Crippen LogP contribution in [0.5, 0.6) is 0 Å². The fraction of sp³-hybridized carbons (Fsp3) is 0.917. The summed E-state index contributed by atoms with van der Waals surface area (Å²) in [5, 5.41) is 74.8. The SMILES string of the molecule is O=C(CO)[C@@H](O)[C@H](O)[C@H](O)CO[C@H]1O[C@H](CO)[C@H](O)[C@H](O)[C@H]1O. The summed E-state index contributed by atoms with van der Waals surface area (Å²) in [5.74, 6) is -1.11. The van der Waals surface area contributed by atoms with Crippen LogP contribution in [0.4, 0.5) is 0 Å². The van der Waals surface area contributed by atoms with Gasteiger partial charge in [-0.3, -0.25) is 4.79 Å². The molecule has 11 heteroatoms. The first-order valence-electron chi connectivity index (χ1n) is 6.84. The van der Waals surface area contributed by atoms with Crippen molar-refractivity contribution >= 4 is 5.78 Å². The Hall–Kier alpha value is -0.730. The van der Waals surface area contributed by atoms with Crippen molar-refractivity contribution in [1.29, 1.82) is 0 Å². The third kappa shape index (κ3) is 4.87. The Labute approximate surface area is 130 Å². The van der Waals surface area contributed by atoms with Crippen LogP contribution in [-0.4, -0.2) is 115 Å². The van der Waals surface area contributed by atoms with Gasteiger partial charge in [0, 0.05) is 0 Å². The van der Waals surface area contributed by atoms with Gasteiger partial charge in [-0.05, 0) is 0 Å². The highest BCUT2D eigenvalue weighted by molar-refractivity contribution is 5.84. The number of carbonyl (C=O) groups excluding carboxylic acids is 1. The summed E-state index contributed by atoms with van der Waals surface area (Å²) < 4.78 is 9.94. The van der Waals surface area contributed by atoms with E-state index >= 15 is 0 Å². The Balaban J connectivity index is 2.57. The summed E-state index contributed by atoms with van der Waals surface area (Å²) in [6.07, 6.45) is -13.4. The molecular formula is C12H22O11. The maximum atomic E-state index is 11.0. The number of carbonyl (C=O) groups is 1. The van der Waals surface area contributed by atoms with Gasteiger partial charge in [-0.1, -0.05) is 0 Å². The lowest BCUT2D eigenvalue weighted by atomic mass is 9.99. The van der Waals surface area contributed by atoms with Crippen molar-refractivity contribution in [2.75, 3.05) is 19.8 Å². The first-order valence-corrected chi connectivity index (χ1v) is 6.84. The van der Waals surface area contributed by atoms with Crippen molar-refractivity contribution in [3.8, 4) is 0 Å². The fourth-order valence-electron chi connectivity index (χ4n) is 1.99. The Bertz CT molecular complexity index is 376. The number of Topliss-reactive ketones (excluding diaryl/α,β-unsaturated/α-hetero) is 1. The van der Waals surface area contributed by atoms with Crippen LogP contribution in [0.1, 0.15) is 0 Å². The molecule has 11 nitrogen and oxygen atoms in total. The standard InChI is InChI=1S/C12H22O11/c13-1-4(15)7(17)8(18)5(16)3-22-12-11(21)10(20)9(19)6(2-14)23-12/h5-14,16-21H,1-3H2/t5-,6-,7-,8-,9+,10+,11-,12+/m1/s1. The van der Waals surface area contributed by atoms with Gasteiger partial charge >= 0.3 is 0 Å². The number of aliphatic hydroxyl groups is 8. The molecule has 0 aliphatic carbocycles. The van der Waals surface area contributed by atoms with E-state index in [1.807, 2.05) is 0 Å². The number of ketones is 1. The molecule has 0 aromatic rings. The highest BCUT2D eigenvalue weighted by atomic mass is 16.7. The molecule has 0 aromatic heterocycles. The normalized spacial score (nSPS) is 35.6. The van der Waals surface area contributed by atoms with Gasteiger partial charge in [0.15, 0.2) is 12.1 Å². The maximum absolute atomic E-state index is 11.0. The van der Waals surface area contributed by atoms with Crippen LogP contribution in [0.25, 0.3) is 0 Å². The molecule has 1 fully saturated rings. The quantitative estimate of drug-likeness (QED) is 0.209. The van der Waals surface area contributed by atoms with Crippen molar-refractivity contribution in [1.82, 2.24) is 0 Å². The zero-order chi connectivity index (χ0) is 17.7. The van der Waals surface area contributed by atoms with Gasteiger partial charge in [0.2, 0.25) is 0 Å². The highest BCUT2D eigenvalue weighted by Crippen LogP contribution is 2.22. The third-order valence-electron chi connectivity index (χ3n) is 3.48. The lowest BCUT2D eigenvalue weighted by Crippen LogP contribution is -2.59. The monoisotopic (exact) mass is 342 g/mol. The van der Waals surface area contributed by atoms with Crippen LogP contribution in [0.3, 0.4) is 0 Å². The molecule has 1 aliphatic rings. The van der Waals surface area contributed by atoms with Crippen molar-refractivity contribution in [3.05, 3.63) is 0 Å². The summed E-state index contributed by atoms with van der Waals surface area (Å²) in [6.45, 7) is -2.40. The average molecular weight is 342 g/mol. The zero-order valence-corrected chi connectivity index (χ0v) is 12.0. The second kappa shape index (κ2) is 8.94. The van der Waals surface area contributed by atoms with Crippen LogP contribution in [0, 0.1) is 0 Å². The van der Waals surface area contributed by atoms with Gasteiger partial charge in [0.05, 0.1) is 13.2 Å². The second-order valence-corrected chi connectivity index (χ2v) is 5.16. The van der Waals surface area contributed by atoms with Gasteiger partial charge in [0.25, 0.3) is 0 Å². The maximum Gasteiger partial charge on any atom is 0.189 e. The summed E-state index contributed by atoms with van der Waals surface area (Å²) in [6, 6.07) is 0. The molecule has 8 atom stereocenters. The van der Waals surface area contributed by atoms with Crippen LogP contribution in [0.2, 0.25) is 0 Å². The van der Waals surface area contributed by atoms with Gasteiger partial charge in [0.1, 0.15) is 49.3 Å². The minimum absolute atomic E-state index is 0.667. The van der Waals surface area contributed by atoms with Gasteiger partial charge in [-0.15, -0.1) is 0 Å². The second-order valence-electron chi connectivity index (χ2n) is 5.16. The van der Waals surface area contributed by atoms with E-state index < -0.39 is 74.6 Å². The lowest BCUT2D eigenvalue weighted by Gasteiger charge is -2.40. The number of hydrogen-bond acceptors (Lipinski definition) is 11. The molecule has 23 heavy (non-hydrogen) atoms. The van der Waals surface area contributed by atoms with E-state index in [1.54, 1.807) is 0 Å². The first kappa shape index (κ1) is 20.3. The average Bonchev–Trinajstić information content (AvgIpc) is 2.56. The molecule has 1 rings (SSSR count). The molecule has 0 bridgehead atoms. The molecule has 0 unspecified atom stereocenters. The highest BCUT2D eigenvalue weighted by Gasteiger charge is 2.44. The Morgan fingerprint density at radius 3 is 2.17 bits per heavy atom. The summed E-state index contributed by atoms with van der Waals surface area (Å²) in [5.41, 5.74) is 0. The van der Waals surface area contributed by atoms with Gasteiger partial charge < -0.3 is 50.3 Å². The number of ether oxygens (including phenoxy) is 2. The fourth-order valence-corrected chi connectivity index (χ4v) is 1.99. The Morgan fingerprint density at radius 1 is 1.04 bits per heavy atom. The summed E-state index contributed by atoms with van der Waals surface area (Å²) in [4.78, 5) is 11.0. The van der Waals surface area contributed by atoms with E-state index in [0.29, 0.717) is 0 Å². The third-order valence-corrected chi connectivity index (χ3v) is 3.48. The zero-order valence-electron chi connectivity index (χ0n) is 12.0. The molecule has 136 valence electrons. The minimum atomic E-state index is -2.03. The van der Waals surface area contributed by atoms with E-state index in [9.17, 15) is 35.4 Å². The van der Waals surface area contributed by atoms with Gasteiger partial charge in [-0.25, -0.2) is 0 Å². The van der Waals surface area contributed by atoms with Crippen LogP contribution >= 0.6 is 0 Å². The van der Waals surface area contributed by atoms with Crippen molar-refractivity contribution in [2.24, 2.45) is 0 Å². The predicted molar refractivity (Wildman–Crippen MR) is 69.8 cm³/mol. The van der Waals surface area contributed by atoms with Crippen LogP contribution in [0.15, 0.2) is 0 Å². The van der Waals surface area contributed by atoms with E-state index in [1.165, 1.54) is 0 Å². The molecule has 1 heterocycles. The van der Waals surface area contributed by atoms with Gasteiger partial charge in [-0.2, -0.15) is 0 Å². The molecule has 8 N–H and O–H groups in total. The predicted octanol–water partition coefficient (Wildman–Crippen LogP) is -5.55. The number of rotatable bonds is 8. The minimum Gasteiger partial charge on any atom is -0.394 e. The molecular weight excluding hydrogens is 320 g/mol. The van der Waals surface area contributed by atoms with Crippen molar-refractivity contribution < 1.29 is 55.1 Å². The Morgan fingerprint density at radius 2 is 1.65 bits per heavy atom. The molecule has 0 radical (unpaired) electrons. The molecule has 0 amide bonds. The largest absolute Gasteiger partial charge is 0.394 e. The van der Waals surface area contributed by atoms with Crippen LogP contribution < -0.4 is 0 Å². The molecule has 0 spiro atoms. The molecule has 1 saturated heterocycles. The Kier molecular flexibility index (Phi) is 7.89. The topological polar surface area (TPSA) is 197 Å². The molecule has 0 saturated carbocycles. The van der Waals surface area contributed by atoms with E-state index in [0.717, 1.165) is 0 Å². The first-order chi connectivity index (χ1) is 10.7. The van der Waals surface area contributed by atoms with E-state index in [-0.39, 0.29) is 0 Å². The molecule has 1 aliphatic heterocycles. The smallest absolute Gasteiger partial charge is 0.189 e. The van der Waals surface area contributed by atoms with Crippen molar-refractivity contribution in [3.63, 3.8) is 0 Å². The summed E-state index contributed by atoms with van der Waals surface area (Å²) in [7, 11) is 0. The number of aliphatic hydroxyl groups excluding tert-OH is 8. The number of hydrogen-bond donors (Lipinski definition) is 8. The van der Waals surface area contributed by atoms with Crippen LogP contribution in [-0.2, 0) is 14.3 Å². The van der Waals surface area contributed by atoms with E-state index in [4.69, 9.17) is 19.7 Å². The molecule has 0 aromatic carbocycles.